The minimum atomic E-state index is -3.29. The van der Waals surface area contributed by atoms with Crippen LogP contribution in [0.5, 0.6) is 0 Å². The highest BCUT2D eigenvalue weighted by Crippen LogP contribution is 2.33. The molecule has 0 N–H and O–H groups in total. The molecule has 2 aliphatic rings. The highest BCUT2D eigenvalue weighted by Gasteiger charge is 2.37. The number of amides is 2. The number of nitrogens with zero attached hydrogens (tertiary/aromatic N) is 4. The molecular weight excluding hydrogens is 649 g/mol. The van der Waals surface area contributed by atoms with E-state index in [1.807, 2.05) is 99.5 Å². The minimum absolute atomic E-state index is 0.0120. The fraction of sp³-hybridized carbons (Fsp3) is 0.400. The summed E-state index contributed by atoms with van der Waals surface area (Å²) in [6.07, 6.45) is 5.08. The quantitative estimate of drug-likeness (QED) is 0.232. The van der Waals surface area contributed by atoms with Crippen LogP contribution in [0, 0.1) is 0 Å². The summed E-state index contributed by atoms with van der Waals surface area (Å²) in [7, 11) is -3.29. The predicted molar refractivity (Wildman–Crippen MR) is 199 cm³/mol. The third-order valence-corrected chi connectivity index (χ3v) is 10.4. The van der Waals surface area contributed by atoms with Gasteiger partial charge in [-0.2, -0.15) is 0 Å². The van der Waals surface area contributed by atoms with E-state index in [0.717, 1.165) is 41.9 Å². The Morgan fingerprint density at radius 3 is 2.16 bits per heavy atom. The van der Waals surface area contributed by atoms with Gasteiger partial charge in [-0.1, -0.05) is 67.2 Å². The lowest BCUT2D eigenvalue weighted by molar-refractivity contribution is -0.131. The normalized spacial score (nSPS) is 19.0. The lowest BCUT2D eigenvalue weighted by atomic mass is 9.97. The van der Waals surface area contributed by atoms with E-state index < -0.39 is 15.4 Å². The number of piperidine rings is 1. The van der Waals surface area contributed by atoms with Crippen molar-refractivity contribution in [2.75, 3.05) is 43.9 Å². The lowest BCUT2D eigenvalue weighted by Gasteiger charge is -2.43. The van der Waals surface area contributed by atoms with E-state index in [1.165, 1.54) is 6.26 Å². The van der Waals surface area contributed by atoms with Crippen molar-refractivity contribution in [1.82, 2.24) is 14.7 Å². The van der Waals surface area contributed by atoms with Gasteiger partial charge in [0.1, 0.15) is 5.60 Å². The Balaban J connectivity index is 1.47. The monoisotopic (exact) mass is 698 g/mol. The van der Waals surface area contributed by atoms with Crippen molar-refractivity contribution in [3.05, 3.63) is 114 Å². The molecule has 0 aromatic heterocycles. The van der Waals surface area contributed by atoms with Crippen molar-refractivity contribution < 1.29 is 22.7 Å². The number of hydrogen-bond donors (Lipinski definition) is 0. The number of sulfone groups is 1. The second-order valence-electron chi connectivity index (χ2n) is 14.2. The Labute approximate surface area is 297 Å². The summed E-state index contributed by atoms with van der Waals surface area (Å²) in [5.41, 5.74) is 3.75. The number of carbonyl (C=O) groups excluding carboxylic acids is 2. The highest BCUT2D eigenvalue weighted by atomic mass is 32.2. The van der Waals surface area contributed by atoms with Crippen LogP contribution in [0.1, 0.15) is 51.7 Å². The lowest BCUT2D eigenvalue weighted by Crippen LogP contribution is -2.58. The van der Waals surface area contributed by atoms with Gasteiger partial charge in [-0.25, -0.2) is 13.2 Å². The van der Waals surface area contributed by atoms with Crippen LogP contribution in [0.2, 0.25) is 0 Å². The molecule has 2 atom stereocenters. The zero-order chi connectivity index (χ0) is 36.1. The van der Waals surface area contributed by atoms with Gasteiger partial charge in [-0.15, -0.1) is 0 Å². The third kappa shape index (κ3) is 8.96. The first-order valence-electron chi connectivity index (χ1n) is 17.3. The van der Waals surface area contributed by atoms with Gasteiger partial charge in [-0.3, -0.25) is 4.79 Å². The van der Waals surface area contributed by atoms with Gasteiger partial charge >= 0.3 is 6.09 Å². The zero-order valence-corrected chi connectivity index (χ0v) is 30.7. The van der Waals surface area contributed by atoms with Gasteiger partial charge in [0.2, 0.25) is 0 Å². The maximum Gasteiger partial charge on any atom is 0.410 e. The maximum absolute atomic E-state index is 14.7. The molecule has 0 saturated carbocycles. The molecule has 1 unspecified atom stereocenters. The molecule has 2 saturated heterocycles. The number of carbonyl (C=O) groups is 2. The van der Waals surface area contributed by atoms with E-state index >= 15 is 0 Å². The van der Waals surface area contributed by atoms with Crippen LogP contribution >= 0.6 is 0 Å². The first-order chi connectivity index (χ1) is 23.7. The van der Waals surface area contributed by atoms with Crippen molar-refractivity contribution in [3.8, 4) is 0 Å². The molecule has 0 spiro atoms. The molecule has 3 aromatic rings. The number of ether oxygens (including phenoxy) is 1. The maximum atomic E-state index is 14.7. The van der Waals surface area contributed by atoms with Gasteiger partial charge in [-0.05, 0) is 88.5 Å². The van der Waals surface area contributed by atoms with Crippen molar-refractivity contribution >= 4 is 33.2 Å². The van der Waals surface area contributed by atoms with E-state index in [0.29, 0.717) is 43.1 Å². The number of benzene rings is 3. The Kier molecular flexibility index (Phi) is 11.4. The first-order valence-corrected chi connectivity index (χ1v) is 19.2. The van der Waals surface area contributed by atoms with E-state index in [4.69, 9.17) is 4.74 Å². The molecule has 10 heteroatoms. The van der Waals surface area contributed by atoms with E-state index in [2.05, 4.69) is 28.5 Å². The fourth-order valence-electron chi connectivity index (χ4n) is 6.89. The Bertz CT molecular complexity index is 1790. The summed E-state index contributed by atoms with van der Waals surface area (Å²) < 4.78 is 29.8. The molecule has 50 heavy (non-hydrogen) atoms. The van der Waals surface area contributed by atoms with Gasteiger partial charge < -0.3 is 24.3 Å². The summed E-state index contributed by atoms with van der Waals surface area (Å²) in [4.78, 5) is 36.2. The average molecular weight is 699 g/mol. The molecule has 266 valence electrons. The van der Waals surface area contributed by atoms with Crippen molar-refractivity contribution in [3.63, 3.8) is 0 Å². The molecule has 0 bridgehead atoms. The Morgan fingerprint density at radius 2 is 1.56 bits per heavy atom. The molecular formula is C40H50N4O5S. The number of hydrogen-bond acceptors (Lipinski definition) is 7. The largest absolute Gasteiger partial charge is 0.444 e. The van der Waals surface area contributed by atoms with Crippen LogP contribution in [0.25, 0.3) is 5.70 Å². The Morgan fingerprint density at radius 1 is 0.920 bits per heavy atom. The van der Waals surface area contributed by atoms with Gasteiger partial charge in [0.05, 0.1) is 22.7 Å². The molecule has 0 radical (unpaired) electrons. The summed E-state index contributed by atoms with van der Waals surface area (Å²) in [5.74, 6) is -0.0792. The molecule has 5 rings (SSSR count). The van der Waals surface area contributed by atoms with Crippen molar-refractivity contribution in [2.45, 2.75) is 69.5 Å². The van der Waals surface area contributed by atoms with Crippen LogP contribution in [-0.4, -0.2) is 91.8 Å². The highest BCUT2D eigenvalue weighted by molar-refractivity contribution is 7.90. The molecule has 2 aliphatic heterocycles. The topological polar surface area (TPSA) is 90.5 Å². The molecule has 2 amide bonds. The molecule has 2 fully saturated rings. The summed E-state index contributed by atoms with van der Waals surface area (Å²) >= 11 is 0. The van der Waals surface area contributed by atoms with E-state index in [9.17, 15) is 18.0 Å². The van der Waals surface area contributed by atoms with Crippen molar-refractivity contribution in [2.24, 2.45) is 0 Å². The number of anilines is 1. The molecule has 0 aliphatic carbocycles. The first kappa shape index (κ1) is 36.7. The Hall–Kier alpha value is -4.57. The smallest absolute Gasteiger partial charge is 0.410 e. The predicted octanol–water partition coefficient (Wildman–Crippen LogP) is 6.63. The summed E-state index contributed by atoms with van der Waals surface area (Å²) in [6, 6.07) is 26.8. The molecule has 9 nitrogen and oxygen atoms in total. The second-order valence-corrected chi connectivity index (χ2v) is 16.2. The number of rotatable bonds is 9. The van der Waals surface area contributed by atoms with Crippen LogP contribution in [-0.2, 0) is 25.8 Å². The zero-order valence-electron chi connectivity index (χ0n) is 29.9. The van der Waals surface area contributed by atoms with E-state index in [1.54, 1.807) is 17.0 Å². The minimum Gasteiger partial charge on any atom is -0.444 e. The number of piperazine rings is 1. The van der Waals surface area contributed by atoms with Crippen LogP contribution in [0.15, 0.2) is 108 Å². The SMILES string of the molecule is C=CN(/C(=C(\C)C(=O)N1CCN(C(=O)OC(C)(C)C)C[C@H]1Cc1ccccc1)c1ccccc1)C1CCCN(c2ccc(S(C)(=O)=O)cc2)C1. The molecule has 3 aromatic carbocycles. The fourth-order valence-corrected chi connectivity index (χ4v) is 7.52. The third-order valence-electron chi connectivity index (χ3n) is 9.31. The van der Waals surface area contributed by atoms with Crippen LogP contribution < -0.4 is 4.90 Å². The van der Waals surface area contributed by atoms with Gasteiger partial charge in [0.15, 0.2) is 9.84 Å². The second kappa shape index (κ2) is 15.5. The van der Waals surface area contributed by atoms with E-state index in [-0.39, 0.29) is 24.1 Å². The average Bonchev–Trinajstić information content (AvgIpc) is 3.10. The van der Waals surface area contributed by atoms with Gasteiger partial charge in [0.25, 0.3) is 5.91 Å². The van der Waals surface area contributed by atoms with Crippen LogP contribution in [0.4, 0.5) is 10.5 Å². The van der Waals surface area contributed by atoms with Gasteiger partial charge in [0, 0.05) is 50.2 Å². The summed E-state index contributed by atoms with van der Waals surface area (Å²) in [6.45, 7) is 14.3. The van der Waals surface area contributed by atoms with Crippen molar-refractivity contribution in [1.29, 1.82) is 0 Å². The molecule has 2 heterocycles. The van der Waals surface area contributed by atoms with Crippen LogP contribution in [0.3, 0.4) is 0 Å². The summed E-state index contributed by atoms with van der Waals surface area (Å²) in [5, 5.41) is 0. The standard InChI is InChI=1S/C40H50N4O5S/c1-7-43(34-19-14-24-41(28-34)33-20-22-36(23-21-33)50(6,47)48)37(32-17-12-9-13-18-32)30(2)38(45)44-26-25-42(39(46)49-40(3,4)5)29-35(44)27-31-15-10-8-11-16-31/h7-13,15-18,20-23,34-35H,1,14,19,24-29H2,2-6H3/b37-30+/t34?,35-/m1/s1.